The second kappa shape index (κ2) is 7.00. The van der Waals surface area contributed by atoms with Crippen LogP contribution in [-0.2, 0) is 4.79 Å². The van der Waals surface area contributed by atoms with E-state index in [0.29, 0.717) is 5.75 Å². The summed E-state index contributed by atoms with van der Waals surface area (Å²) in [6, 6.07) is 8.28. The second-order valence-electron chi connectivity index (χ2n) is 3.41. The maximum absolute atomic E-state index is 11.5. The molecule has 1 aromatic carbocycles. The van der Waals surface area contributed by atoms with E-state index in [0.717, 1.165) is 0 Å². The lowest BCUT2D eigenvalue weighted by Gasteiger charge is -2.04. The zero-order chi connectivity index (χ0) is 13.4. The maximum Gasteiger partial charge on any atom is 0.361 e. The van der Waals surface area contributed by atoms with E-state index in [2.05, 4.69) is 5.16 Å². The summed E-state index contributed by atoms with van der Waals surface area (Å²) in [7, 11) is 0. The minimum absolute atomic E-state index is 0.0108. The summed E-state index contributed by atoms with van der Waals surface area (Å²) < 4.78 is 4.93. The van der Waals surface area contributed by atoms with Crippen molar-refractivity contribution >= 4 is 11.7 Å². The number of benzene rings is 1. The minimum atomic E-state index is -0.813. The summed E-state index contributed by atoms with van der Waals surface area (Å²) in [6.07, 6.45) is 0.0967. The van der Waals surface area contributed by atoms with E-state index < -0.39 is 10.9 Å². The van der Waals surface area contributed by atoms with E-state index in [1.165, 1.54) is 0 Å². The fourth-order valence-corrected chi connectivity index (χ4v) is 1.22. The highest BCUT2D eigenvalue weighted by atomic mass is 16.6. The monoisotopic (exact) mass is 252 g/mol. The van der Waals surface area contributed by atoms with Crippen molar-refractivity contribution < 1.29 is 19.7 Å². The van der Waals surface area contributed by atoms with Crippen LogP contribution in [-0.4, -0.2) is 28.4 Å². The molecule has 0 bridgehead atoms. The fraction of sp³-hybridized carbons (Fsp3) is 0.273. The van der Waals surface area contributed by atoms with Gasteiger partial charge in [-0.3, -0.25) is 10.1 Å². The maximum atomic E-state index is 11.5. The van der Waals surface area contributed by atoms with Gasteiger partial charge < -0.3 is 9.94 Å². The molecular weight excluding hydrogens is 240 g/mol. The molecule has 96 valence electrons. The van der Waals surface area contributed by atoms with Crippen LogP contribution >= 0.6 is 0 Å². The topological polar surface area (TPSA) is 102 Å². The standard InChI is InChI=1S/C11H12N2O5/c14-11(18-9-5-2-1-3-6-9)10(12-15)7-4-8-13(16)17/h1-3,5-6,15H,4,7-8H2. The van der Waals surface area contributed by atoms with Gasteiger partial charge in [0.05, 0.1) is 0 Å². The normalized spacial score (nSPS) is 11.0. The molecular formula is C11H12N2O5. The Labute approximate surface area is 103 Å². The zero-order valence-electron chi connectivity index (χ0n) is 9.48. The average Bonchev–Trinajstić information content (AvgIpc) is 2.35. The Morgan fingerprint density at radius 1 is 1.39 bits per heavy atom. The first kappa shape index (κ1) is 13.6. The number of nitro groups is 1. The summed E-state index contributed by atoms with van der Waals surface area (Å²) in [5, 5.41) is 21.6. The molecule has 18 heavy (non-hydrogen) atoms. The number of esters is 1. The van der Waals surface area contributed by atoms with Crippen molar-refractivity contribution in [3.8, 4) is 5.75 Å². The zero-order valence-corrected chi connectivity index (χ0v) is 9.48. The third-order valence-corrected chi connectivity index (χ3v) is 2.06. The van der Waals surface area contributed by atoms with Crippen LogP contribution in [0.2, 0.25) is 0 Å². The summed E-state index contributed by atoms with van der Waals surface area (Å²) in [4.78, 5) is 21.2. The molecule has 0 aliphatic heterocycles. The Kier molecular flexibility index (Phi) is 5.30. The summed E-state index contributed by atoms with van der Waals surface area (Å²) in [5.41, 5.74) is -0.235. The molecule has 0 fully saturated rings. The molecule has 0 aliphatic rings. The van der Waals surface area contributed by atoms with Crippen LogP contribution in [0, 0.1) is 10.1 Å². The number of carbonyl (C=O) groups excluding carboxylic acids is 1. The van der Waals surface area contributed by atoms with Gasteiger partial charge in [0, 0.05) is 17.8 Å². The lowest BCUT2D eigenvalue weighted by molar-refractivity contribution is -0.480. The molecule has 0 radical (unpaired) electrons. The van der Waals surface area contributed by atoms with Crippen LogP contribution in [0.25, 0.3) is 0 Å². The molecule has 7 heteroatoms. The first-order valence-corrected chi connectivity index (χ1v) is 5.23. The van der Waals surface area contributed by atoms with Crippen LogP contribution in [0.3, 0.4) is 0 Å². The first-order chi connectivity index (χ1) is 8.63. The second-order valence-corrected chi connectivity index (χ2v) is 3.41. The molecule has 0 saturated heterocycles. The van der Waals surface area contributed by atoms with E-state index in [1.807, 2.05) is 0 Å². The first-order valence-electron chi connectivity index (χ1n) is 5.23. The molecule has 7 nitrogen and oxygen atoms in total. The highest BCUT2D eigenvalue weighted by molar-refractivity contribution is 6.36. The molecule has 0 atom stereocenters. The van der Waals surface area contributed by atoms with Crippen molar-refractivity contribution in [3.63, 3.8) is 0 Å². The molecule has 1 rings (SSSR count). The van der Waals surface area contributed by atoms with Crippen LogP contribution < -0.4 is 4.74 Å². The molecule has 1 N–H and O–H groups in total. The number of hydrogen-bond donors (Lipinski definition) is 1. The third-order valence-electron chi connectivity index (χ3n) is 2.06. The van der Waals surface area contributed by atoms with Gasteiger partial charge in [0.15, 0.2) is 5.71 Å². The van der Waals surface area contributed by atoms with Crippen LogP contribution in [0.1, 0.15) is 12.8 Å². The Balaban J connectivity index is 2.50. The van der Waals surface area contributed by atoms with Gasteiger partial charge in [0.25, 0.3) is 0 Å². The van der Waals surface area contributed by atoms with Gasteiger partial charge in [0.1, 0.15) is 5.75 Å². The Morgan fingerprint density at radius 3 is 2.61 bits per heavy atom. The summed E-state index contributed by atoms with van der Waals surface area (Å²) in [5.74, 6) is -0.495. The van der Waals surface area contributed by atoms with E-state index in [1.54, 1.807) is 30.3 Å². The van der Waals surface area contributed by atoms with Crippen molar-refractivity contribution in [2.45, 2.75) is 12.8 Å². The Morgan fingerprint density at radius 2 is 2.06 bits per heavy atom. The molecule has 0 amide bonds. The van der Waals surface area contributed by atoms with Crippen molar-refractivity contribution in [1.29, 1.82) is 0 Å². The molecule has 0 unspecified atom stereocenters. The quantitative estimate of drug-likeness (QED) is 0.206. The van der Waals surface area contributed by atoms with Crippen LogP contribution in [0.5, 0.6) is 5.75 Å². The Hall–Kier alpha value is -2.44. The predicted octanol–water partition coefficient (Wildman–Crippen LogP) is 1.48. The number of hydrogen-bond acceptors (Lipinski definition) is 6. The summed E-state index contributed by atoms with van der Waals surface area (Å²) >= 11 is 0. The number of nitrogens with zero attached hydrogens (tertiary/aromatic N) is 2. The number of para-hydroxylation sites is 1. The van der Waals surface area contributed by atoms with Crippen molar-refractivity contribution in [1.82, 2.24) is 0 Å². The molecule has 0 aromatic heterocycles. The molecule has 0 aliphatic carbocycles. The number of rotatable bonds is 6. The van der Waals surface area contributed by atoms with Gasteiger partial charge in [-0.15, -0.1) is 0 Å². The van der Waals surface area contributed by atoms with Crippen LogP contribution in [0.15, 0.2) is 35.5 Å². The SMILES string of the molecule is O=C(Oc1ccccc1)C(CCC[N+](=O)[O-])=NO. The lowest BCUT2D eigenvalue weighted by Crippen LogP contribution is -2.21. The van der Waals surface area contributed by atoms with E-state index in [-0.39, 0.29) is 25.1 Å². The number of oxime groups is 1. The summed E-state index contributed by atoms with van der Waals surface area (Å²) in [6.45, 7) is -0.294. The van der Waals surface area contributed by atoms with Crippen molar-refractivity contribution in [3.05, 3.63) is 40.4 Å². The van der Waals surface area contributed by atoms with E-state index in [9.17, 15) is 14.9 Å². The van der Waals surface area contributed by atoms with Gasteiger partial charge in [-0.2, -0.15) is 0 Å². The fourth-order valence-electron chi connectivity index (χ4n) is 1.22. The molecule has 0 spiro atoms. The highest BCUT2D eigenvalue weighted by Crippen LogP contribution is 2.09. The lowest BCUT2D eigenvalue weighted by atomic mass is 10.2. The molecule has 1 aromatic rings. The van der Waals surface area contributed by atoms with E-state index >= 15 is 0 Å². The van der Waals surface area contributed by atoms with Crippen molar-refractivity contribution in [2.24, 2.45) is 5.16 Å². The highest BCUT2D eigenvalue weighted by Gasteiger charge is 2.15. The molecule has 0 saturated carbocycles. The number of carbonyl (C=O) groups is 1. The average molecular weight is 252 g/mol. The van der Waals surface area contributed by atoms with Gasteiger partial charge in [0.2, 0.25) is 6.54 Å². The smallest absolute Gasteiger partial charge is 0.361 e. The van der Waals surface area contributed by atoms with Gasteiger partial charge in [-0.25, -0.2) is 4.79 Å². The minimum Gasteiger partial charge on any atom is -0.422 e. The van der Waals surface area contributed by atoms with Crippen molar-refractivity contribution in [2.75, 3.05) is 6.54 Å². The Bertz CT molecular complexity index is 444. The van der Waals surface area contributed by atoms with Gasteiger partial charge >= 0.3 is 5.97 Å². The van der Waals surface area contributed by atoms with Gasteiger partial charge in [-0.05, 0) is 12.1 Å². The predicted molar refractivity (Wildman–Crippen MR) is 62.4 cm³/mol. The largest absolute Gasteiger partial charge is 0.422 e. The third kappa shape index (κ3) is 4.60. The number of ether oxygens (including phenoxy) is 1. The van der Waals surface area contributed by atoms with Crippen LogP contribution in [0.4, 0.5) is 0 Å². The van der Waals surface area contributed by atoms with Gasteiger partial charge in [-0.1, -0.05) is 23.4 Å². The van der Waals surface area contributed by atoms with E-state index in [4.69, 9.17) is 9.94 Å². The molecule has 0 heterocycles.